The van der Waals surface area contributed by atoms with Gasteiger partial charge in [0, 0.05) is 17.9 Å². The van der Waals surface area contributed by atoms with Crippen LogP contribution in [0.15, 0.2) is 12.1 Å². The number of ketones is 1. The first kappa shape index (κ1) is 15.5. The predicted octanol–water partition coefficient (Wildman–Crippen LogP) is 3.09. The number of halogens is 1. The number of hydrogen-bond donors (Lipinski definition) is 0. The highest BCUT2D eigenvalue weighted by Crippen LogP contribution is 2.52. The third kappa shape index (κ3) is 2.91. The fraction of sp³-hybridized carbons (Fsp3) is 0.500. The number of carbonyl (C=O) groups excluding carboxylic acids is 2. The fourth-order valence-electron chi connectivity index (χ4n) is 2.57. The molecule has 1 aliphatic rings. The first-order valence-corrected chi connectivity index (χ1v) is 7.11. The molecule has 4 nitrogen and oxygen atoms in total. The first-order valence-electron chi connectivity index (χ1n) is 7.11. The summed E-state index contributed by atoms with van der Waals surface area (Å²) >= 11 is 0. The maximum absolute atomic E-state index is 14.2. The van der Waals surface area contributed by atoms with E-state index in [-0.39, 0.29) is 29.3 Å². The molecule has 1 aliphatic carbocycles. The highest BCUT2D eigenvalue weighted by Gasteiger charge is 2.48. The fourth-order valence-corrected chi connectivity index (χ4v) is 2.57. The molecule has 2 atom stereocenters. The quantitative estimate of drug-likeness (QED) is 0.597. The number of ether oxygens (including phenoxy) is 2. The van der Waals surface area contributed by atoms with Crippen LogP contribution < -0.4 is 4.74 Å². The van der Waals surface area contributed by atoms with E-state index in [1.54, 1.807) is 13.8 Å². The van der Waals surface area contributed by atoms with Crippen LogP contribution in [0.2, 0.25) is 0 Å². The number of esters is 1. The zero-order valence-corrected chi connectivity index (χ0v) is 12.4. The van der Waals surface area contributed by atoms with E-state index in [9.17, 15) is 14.0 Å². The van der Waals surface area contributed by atoms with Gasteiger partial charge in [0.25, 0.3) is 0 Å². The van der Waals surface area contributed by atoms with Crippen LogP contribution in [0.4, 0.5) is 4.39 Å². The molecule has 0 amide bonds. The van der Waals surface area contributed by atoms with Crippen LogP contribution >= 0.6 is 0 Å². The molecule has 114 valence electrons. The van der Waals surface area contributed by atoms with E-state index < -0.39 is 5.82 Å². The summed E-state index contributed by atoms with van der Waals surface area (Å²) in [6, 6.07) is 2.70. The summed E-state index contributed by atoms with van der Waals surface area (Å²) in [5, 5.41) is 0. The van der Waals surface area contributed by atoms with Gasteiger partial charge in [0.2, 0.25) is 0 Å². The van der Waals surface area contributed by atoms with Gasteiger partial charge in [-0.2, -0.15) is 0 Å². The molecule has 1 aromatic carbocycles. The summed E-state index contributed by atoms with van der Waals surface area (Å²) in [5.41, 5.74) is 0.681. The van der Waals surface area contributed by atoms with E-state index in [4.69, 9.17) is 9.47 Å². The minimum Gasteiger partial charge on any atom is -0.496 e. The van der Waals surface area contributed by atoms with Gasteiger partial charge in [-0.1, -0.05) is 6.92 Å². The Labute approximate surface area is 123 Å². The Kier molecular flexibility index (Phi) is 4.60. The summed E-state index contributed by atoms with van der Waals surface area (Å²) in [5.74, 6) is -1.25. The van der Waals surface area contributed by atoms with Crippen molar-refractivity contribution in [2.45, 2.75) is 32.6 Å². The van der Waals surface area contributed by atoms with E-state index in [0.29, 0.717) is 30.6 Å². The zero-order valence-electron chi connectivity index (χ0n) is 12.4. The standard InChI is InChI=1S/C16H19FO4/c1-4-13(18)9-6-7-12(17)14(15(9)20-3)10-8-11(10)16(19)21-5-2/h6-7,10-11H,4-5,8H2,1-3H3/t10-,11+/m0/s1. The molecule has 0 radical (unpaired) electrons. The van der Waals surface area contributed by atoms with Gasteiger partial charge in [-0.25, -0.2) is 4.39 Å². The first-order chi connectivity index (χ1) is 10.0. The molecular weight excluding hydrogens is 275 g/mol. The predicted molar refractivity (Wildman–Crippen MR) is 75.1 cm³/mol. The summed E-state index contributed by atoms with van der Waals surface area (Å²) in [6.45, 7) is 3.77. The van der Waals surface area contributed by atoms with Crippen LogP contribution in [0.25, 0.3) is 0 Å². The molecule has 2 rings (SSSR count). The number of methoxy groups -OCH3 is 1. The van der Waals surface area contributed by atoms with Crippen molar-refractivity contribution in [3.8, 4) is 5.75 Å². The normalized spacial score (nSPS) is 20.0. The summed E-state index contributed by atoms with van der Waals surface area (Å²) in [4.78, 5) is 23.6. The number of carbonyl (C=O) groups is 2. The third-order valence-electron chi connectivity index (χ3n) is 3.72. The lowest BCUT2D eigenvalue weighted by Gasteiger charge is -2.13. The van der Waals surface area contributed by atoms with Gasteiger partial charge in [-0.15, -0.1) is 0 Å². The number of benzene rings is 1. The van der Waals surface area contributed by atoms with Gasteiger partial charge in [0.15, 0.2) is 5.78 Å². The lowest BCUT2D eigenvalue weighted by Crippen LogP contribution is -2.09. The molecule has 0 saturated heterocycles. The molecule has 0 spiro atoms. The van der Waals surface area contributed by atoms with Crippen molar-refractivity contribution in [1.29, 1.82) is 0 Å². The zero-order chi connectivity index (χ0) is 15.6. The molecule has 0 aromatic heterocycles. The molecule has 5 heteroatoms. The molecule has 1 aromatic rings. The Morgan fingerprint density at radius 2 is 2.05 bits per heavy atom. The highest BCUT2D eigenvalue weighted by atomic mass is 19.1. The van der Waals surface area contributed by atoms with Crippen LogP contribution in [-0.2, 0) is 9.53 Å². The number of rotatable bonds is 6. The molecule has 0 N–H and O–H groups in total. The molecule has 1 saturated carbocycles. The summed E-state index contributed by atoms with van der Waals surface area (Å²) in [6.07, 6.45) is 0.837. The van der Waals surface area contributed by atoms with E-state index in [2.05, 4.69) is 0 Å². The summed E-state index contributed by atoms with van der Waals surface area (Å²) < 4.78 is 24.4. The molecule has 0 bridgehead atoms. The minimum atomic E-state index is -0.448. The van der Waals surface area contributed by atoms with Crippen molar-refractivity contribution in [1.82, 2.24) is 0 Å². The van der Waals surface area contributed by atoms with Crippen molar-refractivity contribution in [2.24, 2.45) is 5.92 Å². The average molecular weight is 294 g/mol. The molecule has 0 heterocycles. The third-order valence-corrected chi connectivity index (χ3v) is 3.72. The lowest BCUT2D eigenvalue weighted by molar-refractivity contribution is -0.144. The van der Waals surface area contributed by atoms with Gasteiger partial charge < -0.3 is 9.47 Å². The van der Waals surface area contributed by atoms with Crippen molar-refractivity contribution < 1.29 is 23.5 Å². The van der Waals surface area contributed by atoms with Crippen LogP contribution in [-0.4, -0.2) is 25.5 Å². The van der Waals surface area contributed by atoms with Gasteiger partial charge in [0.1, 0.15) is 11.6 Å². The highest BCUT2D eigenvalue weighted by molar-refractivity contribution is 5.99. The second kappa shape index (κ2) is 6.24. The average Bonchev–Trinajstić information content (AvgIpc) is 3.26. The monoisotopic (exact) mass is 294 g/mol. The molecule has 1 fully saturated rings. The van der Waals surface area contributed by atoms with E-state index in [0.717, 1.165) is 0 Å². The van der Waals surface area contributed by atoms with E-state index >= 15 is 0 Å². The molecule has 21 heavy (non-hydrogen) atoms. The van der Waals surface area contributed by atoms with E-state index in [1.165, 1.54) is 19.2 Å². The van der Waals surface area contributed by atoms with Gasteiger partial charge in [0.05, 0.1) is 25.2 Å². The van der Waals surface area contributed by atoms with Crippen LogP contribution in [0.3, 0.4) is 0 Å². The van der Waals surface area contributed by atoms with Crippen LogP contribution in [0.5, 0.6) is 5.75 Å². The topological polar surface area (TPSA) is 52.6 Å². The Bertz CT molecular complexity index is 568. The maximum Gasteiger partial charge on any atom is 0.309 e. The Morgan fingerprint density at radius 3 is 2.62 bits per heavy atom. The van der Waals surface area contributed by atoms with Gasteiger partial charge in [-0.05, 0) is 25.5 Å². The Hall–Kier alpha value is -1.91. The molecular formula is C16H19FO4. The molecule has 0 aliphatic heterocycles. The Morgan fingerprint density at radius 1 is 1.33 bits per heavy atom. The van der Waals surface area contributed by atoms with Crippen molar-refractivity contribution >= 4 is 11.8 Å². The number of hydrogen-bond acceptors (Lipinski definition) is 4. The van der Waals surface area contributed by atoms with E-state index in [1.807, 2.05) is 0 Å². The molecule has 0 unspecified atom stereocenters. The van der Waals surface area contributed by atoms with Crippen molar-refractivity contribution in [2.75, 3.05) is 13.7 Å². The number of Topliss-reactive ketones (excluding diaryl/α,β-unsaturated/α-hetero) is 1. The SMILES string of the molecule is CCOC(=O)[C@@H]1C[C@@H]1c1c(F)ccc(C(=O)CC)c1OC. The summed E-state index contributed by atoms with van der Waals surface area (Å²) in [7, 11) is 1.41. The van der Waals surface area contributed by atoms with Gasteiger partial charge in [-0.3, -0.25) is 9.59 Å². The van der Waals surface area contributed by atoms with Crippen LogP contribution in [0, 0.1) is 11.7 Å². The maximum atomic E-state index is 14.2. The van der Waals surface area contributed by atoms with Crippen molar-refractivity contribution in [3.63, 3.8) is 0 Å². The lowest BCUT2D eigenvalue weighted by atomic mass is 9.99. The minimum absolute atomic E-state index is 0.110. The van der Waals surface area contributed by atoms with Crippen molar-refractivity contribution in [3.05, 3.63) is 29.1 Å². The smallest absolute Gasteiger partial charge is 0.309 e. The Balaban J connectivity index is 2.36. The largest absolute Gasteiger partial charge is 0.496 e. The van der Waals surface area contributed by atoms with Crippen LogP contribution in [0.1, 0.15) is 48.5 Å². The van der Waals surface area contributed by atoms with Gasteiger partial charge >= 0.3 is 5.97 Å². The second-order valence-electron chi connectivity index (χ2n) is 5.02. The second-order valence-corrected chi connectivity index (χ2v) is 5.02.